The Kier molecular flexibility index (Phi) is 4.88. The summed E-state index contributed by atoms with van der Waals surface area (Å²) >= 11 is 12.1. The number of aromatic nitrogens is 1. The van der Waals surface area contributed by atoms with Crippen molar-refractivity contribution >= 4 is 23.2 Å². The summed E-state index contributed by atoms with van der Waals surface area (Å²) in [6, 6.07) is 4.21. The van der Waals surface area contributed by atoms with Crippen LogP contribution in [0.25, 0.3) is 0 Å². The minimum atomic E-state index is 0.514. The van der Waals surface area contributed by atoms with Gasteiger partial charge in [-0.05, 0) is 50.8 Å². The van der Waals surface area contributed by atoms with Crippen LogP contribution >= 0.6 is 23.2 Å². The fourth-order valence-corrected chi connectivity index (χ4v) is 2.95. The van der Waals surface area contributed by atoms with E-state index in [9.17, 15) is 0 Å². The van der Waals surface area contributed by atoms with Gasteiger partial charge in [0.1, 0.15) is 5.15 Å². The molecule has 1 heterocycles. The van der Waals surface area contributed by atoms with Gasteiger partial charge in [0.05, 0.1) is 10.7 Å². The van der Waals surface area contributed by atoms with Crippen molar-refractivity contribution in [1.29, 1.82) is 0 Å². The Morgan fingerprint density at radius 3 is 2.56 bits per heavy atom. The van der Waals surface area contributed by atoms with E-state index in [1.807, 2.05) is 6.07 Å². The molecule has 0 saturated heterocycles. The molecular formula is C14H20Cl2N2. The molecule has 0 atom stereocenters. The first-order valence-electron chi connectivity index (χ1n) is 6.57. The molecule has 1 aliphatic carbocycles. The predicted molar refractivity (Wildman–Crippen MR) is 77.1 cm³/mol. The average Bonchev–Trinajstić information content (AvgIpc) is 2.34. The van der Waals surface area contributed by atoms with Crippen LogP contribution in [0.4, 0.5) is 0 Å². The zero-order chi connectivity index (χ0) is 13.1. The van der Waals surface area contributed by atoms with E-state index in [1.165, 1.54) is 25.7 Å². The van der Waals surface area contributed by atoms with E-state index >= 15 is 0 Å². The van der Waals surface area contributed by atoms with Gasteiger partial charge in [-0.1, -0.05) is 30.1 Å². The summed E-state index contributed by atoms with van der Waals surface area (Å²) in [4.78, 5) is 6.67. The van der Waals surface area contributed by atoms with Gasteiger partial charge in [0.15, 0.2) is 0 Å². The Morgan fingerprint density at radius 2 is 1.89 bits per heavy atom. The lowest BCUT2D eigenvalue weighted by molar-refractivity contribution is 0.162. The van der Waals surface area contributed by atoms with Crippen LogP contribution in [-0.2, 0) is 6.54 Å². The smallest absolute Gasteiger partial charge is 0.129 e. The predicted octanol–water partition coefficient (Wildman–Crippen LogP) is 4.40. The van der Waals surface area contributed by atoms with Gasteiger partial charge in [0.25, 0.3) is 0 Å². The molecule has 2 nitrogen and oxygen atoms in total. The van der Waals surface area contributed by atoms with Crippen molar-refractivity contribution in [3.63, 3.8) is 0 Å². The Morgan fingerprint density at radius 1 is 1.22 bits per heavy atom. The molecule has 18 heavy (non-hydrogen) atoms. The number of rotatable bonds is 3. The summed E-state index contributed by atoms with van der Waals surface area (Å²) in [6.45, 7) is 3.12. The normalized spacial score (nSPS) is 24.5. The highest BCUT2D eigenvalue weighted by Gasteiger charge is 2.22. The monoisotopic (exact) mass is 286 g/mol. The SMILES string of the molecule is CC1CCC(N(C)Cc2nc(Cl)ccc2Cl)CC1. The molecule has 0 radical (unpaired) electrons. The quantitative estimate of drug-likeness (QED) is 0.766. The first kappa shape index (κ1) is 14.1. The lowest BCUT2D eigenvalue weighted by Crippen LogP contribution is -2.34. The third kappa shape index (κ3) is 3.59. The van der Waals surface area contributed by atoms with Crippen molar-refractivity contribution < 1.29 is 0 Å². The molecule has 2 rings (SSSR count). The van der Waals surface area contributed by atoms with E-state index in [0.717, 1.165) is 18.2 Å². The van der Waals surface area contributed by atoms with Crippen LogP contribution in [0, 0.1) is 5.92 Å². The second kappa shape index (κ2) is 6.23. The van der Waals surface area contributed by atoms with Crippen LogP contribution in [0.15, 0.2) is 12.1 Å². The van der Waals surface area contributed by atoms with E-state index in [-0.39, 0.29) is 0 Å². The van der Waals surface area contributed by atoms with E-state index in [1.54, 1.807) is 6.07 Å². The largest absolute Gasteiger partial charge is 0.298 e. The van der Waals surface area contributed by atoms with Gasteiger partial charge in [0, 0.05) is 12.6 Å². The van der Waals surface area contributed by atoms with Crippen LogP contribution in [0.5, 0.6) is 0 Å². The van der Waals surface area contributed by atoms with Gasteiger partial charge in [-0.3, -0.25) is 4.90 Å². The third-order valence-corrected chi connectivity index (χ3v) is 4.45. The highest BCUT2D eigenvalue weighted by molar-refractivity contribution is 6.32. The first-order valence-corrected chi connectivity index (χ1v) is 7.33. The zero-order valence-electron chi connectivity index (χ0n) is 11.0. The second-order valence-electron chi connectivity index (χ2n) is 5.39. The van der Waals surface area contributed by atoms with Crippen LogP contribution in [0.3, 0.4) is 0 Å². The summed E-state index contributed by atoms with van der Waals surface area (Å²) in [6.07, 6.45) is 5.20. The molecule has 0 unspecified atom stereocenters. The Balaban J connectivity index is 1.98. The van der Waals surface area contributed by atoms with Crippen LogP contribution < -0.4 is 0 Å². The summed E-state index contributed by atoms with van der Waals surface area (Å²) in [5.41, 5.74) is 0.880. The molecule has 1 aromatic heterocycles. The highest BCUT2D eigenvalue weighted by atomic mass is 35.5. The maximum absolute atomic E-state index is 6.15. The van der Waals surface area contributed by atoms with E-state index < -0.39 is 0 Å². The van der Waals surface area contributed by atoms with Gasteiger partial charge in [-0.25, -0.2) is 4.98 Å². The Bertz CT molecular complexity index is 401. The standard InChI is InChI=1S/C14H20Cl2N2/c1-10-3-5-11(6-4-10)18(2)9-13-12(15)7-8-14(16)17-13/h7-8,10-11H,3-6,9H2,1-2H3. The lowest BCUT2D eigenvalue weighted by Gasteiger charge is -2.33. The van der Waals surface area contributed by atoms with E-state index in [2.05, 4.69) is 23.9 Å². The van der Waals surface area contributed by atoms with Crippen LogP contribution in [0.1, 0.15) is 38.3 Å². The van der Waals surface area contributed by atoms with Crippen molar-refractivity contribution in [2.24, 2.45) is 5.92 Å². The molecule has 1 aliphatic rings. The molecule has 0 amide bonds. The van der Waals surface area contributed by atoms with Gasteiger partial charge in [-0.2, -0.15) is 0 Å². The van der Waals surface area contributed by atoms with Gasteiger partial charge in [-0.15, -0.1) is 0 Å². The number of hydrogen-bond acceptors (Lipinski definition) is 2. The van der Waals surface area contributed by atoms with E-state index in [0.29, 0.717) is 16.2 Å². The second-order valence-corrected chi connectivity index (χ2v) is 6.19. The molecule has 4 heteroatoms. The molecule has 1 fully saturated rings. The van der Waals surface area contributed by atoms with Crippen molar-refractivity contribution in [3.05, 3.63) is 28.0 Å². The number of hydrogen-bond donors (Lipinski definition) is 0. The fourth-order valence-electron chi connectivity index (χ4n) is 2.62. The minimum Gasteiger partial charge on any atom is -0.298 e. The summed E-state index contributed by atoms with van der Waals surface area (Å²) < 4.78 is 0. The van der Waals surface area contributed by atoms with Crippen LogP contribution in [0.2, 0.25) is 10.2 Å². The summed E-state index contributed by atoms with van der Waals surface area (Å²) in [5, 5.41) is 1.22. The lowest BCUT2D eigenvalue weighted by atomic mass is 9.87. The molecular weight excluding hydrogens is 267 g/mol. The molecule has 0 aromatic carbocycles. The molecule has 1 saturated carbocycles. The van der Waals surface area contributed by atoms with Gasteiger partial charge < -0.3 is 0 Å². The first-order chi connectivity index (χ1) is 8.56. The molecule has 100 valence electrons. The molecule has 1 aromatic rings. The van der Waals surface area contributed by atoms with Gasteiger partial charge >= 0.3 is 0 Å². The van der Waals surface area contributed by atoms with Crippen molar-refractivity contribution in [3.8, 4) is 0 Å². The number of halogens is 2. The third-order valence-electron chi connectivity index (χ3n) is 3.89. The maximum atomic E-state index is 6.15. The zero-order valence-corrected chi connectivity index (χ0v) is 12.5. The fraction of sp³-hybridized carbons (Fsp3) is 0.643. The number of nitrogens with zero attached hydrogens (tertiary/aromatic N) is 2. The van der Waals surface area contributed by atoms with E-state index in [4.69, 9.17) is 23.2 Å². The summed E-state index contributed by atoms with van der Waals surface area (Å²) in [7, 11) is 2.15. The average molecular weight is 287 g/mol. The number of pyridine rings is 1. The minimum absolute atomic E-state index is 0.514. The van der Waals surface area contributed by atoms with Crippen molar-refractivity contribution in [1.82, 2.24) is 9.88 Å². The van der Waals surface area contributed by atoms with Crippen molar-refractivity contribution in [2.75, 3.05) is 7.05 Å². The summed E-state index contributed by atoms with van der Waals surface area (Å²) in [5.74, 6) is 0.877. The van der Waals surface area contributed by atoms with Gasteiger partial charge in [0.2, 0.25) is 0 Å². The van der Waals surface area contributed by atoms with Crippen LogP contribution in [-0.4, -0.2) is 23.0 Å². The highest BCUT2D eigenvalue weighted by Crippen LogP contribution is 2.28. The van der Waals surface area contributed by atoms with Crippen molar-refractivity contribution in [2.45, 2.75) is 45.2 Å². The molecule has 0 bridgehead atoms. The molecule has 0 N–H and O–H groups in total. The Labute approximate surface area is 119 Å². The Hall–Kier alpha value is -0.310. The molecule has 0 aliphatic heterocycles. The molecule has 0 spiro atoms. The topological polar surface area (TPSA) is 16.1 Å². The maximum Gasteiger partial charge on any atom is 0.129 e.